The lowest BCUT2D eigenvalue weighted by Gasteiger charge is -2.34. The van der Waals surface area contributed by atoms with E-state index in [4.69, 9.17) is 33.7 Å². The third-order valence-electron chi connectivity index (χ3n) is 6.54. The van der Waals surface area contributed by atoms with Crippen LogP contribution in [0.1, 0.15) is 61.4 Å². The van der Waals surface area contributed by atoms with Gasteiger partial charge >= 0.3 is 0 Å². The summed E-state index contributed by atoms with van der Waals surface area (Å²) in [5.41, 5.74) is 9.27. The van der Waals surface area contributed by atoms with E-state index < -0.39 is 0 Å². The number of carbonyl (C=O) groups is 1. The standard InChI is InChI=1S/C29H33Cl2N3O2/c1-2-15-34(23-9-4-3-5-10-23)29(35)21-8-6-7-20(16-21)19-33-27-18-24(12-14-26(27)32)36-28-17-22(30)11-13-25(28)31/h6-8,11-14,16-18,23,33H,2-5,9-10,15,19,32H2,1H3. The summed E-state index contributed by atoms with van der Waals surface area (Å²) in [4.78, 5) is 15.5. The predicted molar refractivity (Wildman–Crippen MR) is 149 cm³/mol. The SMILES string of the molecule is CCCN(C(=O)c1cccc(CNc2cc(Oc3cc(Cl)ccc3Cl)ccc2N)c1)C1CCCCC1. The van der Waals surface area contributed by atoms with Gasteiger partial charge in [-0.25, -0.2) is 0 Å². The highest BCUT2D eigenvalue weighted by molar-refractivity contribution is 6.34. The number of nitrogens with zero attached hydrogens (tertiary/aromatic N) is 1. The number of nitrogens with two attached hydrogens (primary N) is 1. The summed E-state index contributed by atoms with van der Waals surface area (Å²) < 4.78 is 5.93. The molecule has 0 radical (unpaired) electrons. The quantitative estimate of drug-likeness (QED) is 0.276. The maximum absolute atomic E-state index is 13.4. The molecule has 0 unspecified atom stereocenters. The summed E-state index contributed by atoms with van der Waals surface area (Å²) in [6, 6.07) is 18.7. The van der Waals surface area contributed by atoms with Crippen LogP contribution >= 0.6 is 23.2 Å². The van der Waals surface area contributed by atoms with Crippen LogP contribution in [0.25, 0.3) is 0 Å². The van der Waals surface area contributed by atoms with Gasteiger partial charge in [-0.05, 0) is 61.2 Å². The topological polar surface area (TPSA) is 67.6 Å². The van der Waals surface area contributed by atoms with Gasteiger partial charge in [0, 0.05) is 41.9 Å². The number of nitrogen functional groups attached to an aromatic ring is 1. The normalized spacial score (nSPS) is 13.9. The summed E-state index contributed by atoms with van der Waals surface area (Å²) in [7, 11) is 0. The van der Waals surface area contributed by atoms with Gasteiger partial charge in [0.1, 0.15) is 11.5 Å². The molecule has 0 bridgehead atoms. The first-order valence-electron chi connectivity index (χ1n) is 12.6. The predicted octanol–water partition coefficient (Wildman–Crippen LogP) is 8.16. The Morgan fingerprint density at radius 2 is 1.86 bits per heavy atom. The van der Waals surface area contributed by atoms with Crippen molar-refractivity contribution >= 4 is 40.5 Å². The lowest BCUT2D eigenvalue weighted by Crippen LogP contribution is -2.42. The van der Waals surface area contributed by atoms with Crippen LogP contribution in [0.15, 0.2) is 60.7 Å². The van der Waals surface area contributed by atoms with E-state index in [1.807, 2.05) is 30.3 Å². The zero-order chi connectivity index (χ0) is 25.5. The molecule has 0 atom stereocenters. The molecule has 3 aromatic carbocycles. The molecule has 0 aliphatic heterocycles. The molecule has 3 aromatic rings. The first-order chi connectivity index (χ1) is 17.4. The Morgan fingerprint density at radius 1 is 1.06 bits per heavy atom. The van der Waals surface area contributed by atoms with Gasteiger partial charge in [-0.3, -0.25) is 4.79 Å². The van der Waals surface area contributed by atoms with Crippen LogP contribution in [-0.4, -0.2) is 23.4 Å². The largest absolute Gasteiger partial charge is 0.456 e. The van der Waals surface area contributed by atoms with Crippen LogP contribution in [0.3, 0.4) is 0 Å². The zero-order valence-corrected chi connectivity index (χ0v) is 22.1. The summed E-state index contributed by atoms with van der Waals surface area (Å²) >= 11 is 12.3. The van der Waals surface area contributed by atoms with Gasteiger partial charge < -0.3 is 20.7 Å². The number of hydrogen-bond acceptors (Lipinski definition) is 4. The average Bonchev–Trinajstić information content (AvgIpc) is 2.90. The first kappa shape index (κ1) is 26.2. The highest BCUT2D eigenvalue weighted by Gasteiger charge is 2.25. The summed E-state index contributed by atoms with van der Waals surface area (Å²) in [6.07, 6.45) is 6.84. The third-order valence-corrected chi connectivity index (χ3v) is 7.09. The smallest absolute Gasteiger partial charge is 0.254 e. The monoisotopic (exact) mass is 525 g/mol. The molecule has 0 aromatic heterocycles. The second kappa shape index (κ2) is 12.4. The first-order valence-corrected chi connectivity index (χ1v) is 13.4. The molecule has 0 spiro atoms. The fraction of sp³-hybridized carbons (Fsp3) is 0.345. The Morgan fingerprint density at radius 3 is 2.64 bits per heavy atom. The zero-order valence-electron chi connectivity index (χ0n) is 20.6. The number of halogens is 2. The number of carbonyl (C=O) groups excluding carboxylic acids is 1. The molecule has 1 saturated carbocycles. The van der Waals surface area contributed by atoms with Crippen molar-refractivity contribution in [3.63, 3.8) is 0 Å². The van der Waals surface area contributed by atoms with E-state index in [0.29, 0.717) is 39.8 Å². The second-order valence-electron chi connectivity index (χ2n) is 9.27. The Balaban J connectivity index is 1.45. The number of anilines is 2. The number of nitrogens with one attached hydrogen (secondary N) is 1. The fourth-order valence-corrected chi connectivity index (χ4v) is 5.01. The Bertz CT molecular complexity index is 1190. The molecular formula is C29H33Cl2N3O2. The maximum atomic E-state index is 13.4. The maximum Gasteiger partial charge on any atom is 0.254 e. The Hall–Kier alpha value is -2.89. The van der Waals surface area contributed by atoms with Gasteiger partial charge in [-0.2, -0.15) is 0 Å². The van der Waals surface area contributed by atoms with Gasteiger partial charge in [0.25, 0.3) is 5.91 Å². The van der Waals surface area contributed by atoms with E-state index in [0.717, 1.165) is 42.6 Å². The van der Waals surface area contributed by atoms with Crippen LogP contribution in [-0.2, 0) is 6.54 Å². The van der Waals surface area contributed by atoms with Crippen LogP contribution < -0.4 is 15.8 Å². The molecule has 3 N–H and O–H groups in total. The third kappa shape index (κ3) is 6.65. The van der Waals surface area contributed by atoms with Gasteiger partial charge in [-0.15, -0.1) is 0 Å². The molecule has 190 valence electrons. The van der Waals surface area contributed by atoms with E-state index >= 15 is 0 Å². The average molecular weight is 527 g/mol. The second-order valence-corrected chi connectivity index (χ2v) is 10.1. The molecular weight excluding hydrogens is 493 g/mol. The van der Waals surface area contributed by atoms with Crippen LogP contribution in [0.5, 0.6) is 11.5 Å². The molecule has 7 heteroatoms. The summed E-state index contributed by atoms with van der Waals surface area (Å²) in [5, 5.41) is 4.39. The van der Waals surface area contributed by atoms with Crippen molar-refractivity contribution < 1.29 is 9.53 Å². The van der Waals surface area contributed by atoms with Crippen molar-refractivity contribution in [3.8, 4) is 11.5 Å². The number of benzene rings is 3. The summed E-state index contributed by atoms with van der Waals surface area (Å²) in [6.45, 7) is 3.45. The molecule has 0 saturated heterocycles. The molecule has 4 rings (SSSR count). The molecule has 1 aliphatic carbocycles. The van der Waals surface area contributed by atoms with E-state index in [9.17, 15) is 4.79 Å². The van der Waals surface area contributed by atoms with Gasteiger partial charge in [0.05, 0.1) is 16.4 Å². The lowest BCUT2D eigenvalue weighted by atomic mass is 9.93. The van der Waals surface area contributed by atoms with Crippen molar-refractivity contribution in [1.29, 1.82) is 0 Å². The van der Waals surface area contributed by atoms with Crippen molar-refractivity contribution in [3.05, 3.63) is 81.8 Å². The number of amides is 1. The molecule has 5 nitrogen and oxygen atoms in total. The molecule has 0 heterocycles. The van der Waals surface area contributed by atoms with Crippen LogP contribution in [0.2, 0.25) is 10.0 Å². The molecule has 1 aliphatic rings. The molecule has 1 fully saturated rings. The minimum absolute atomic E-state index is 0.124. The van der Waals surface area contributed by atoms with Crippen LogP contribution in [0.4, 0.5) is 11.4 Å². The van der Waals surface area contributed by atoms with Crippen molar-refractivity contribution in [2.45, 2.75) is 58.0 Å². The number of rotatable bonds is 9. The lowest BCUT2D eigenvalue weighted by molar-refractivity contribution is 0.0634. The molecule has 1 amide bonds. The minimum atomic E-state index is 0.124. The van der Waals surface area contributed by atoms with Gasteiger partial charge in [-0.1, -0.05) is 61.5 Å². The van der Waals surface area contributed by atoms with Gasteiger partial charge in [0.15, 0.2) is 0 Å². The number of ether oxygens (including phenoxy) is 1. The van der Waals surface area contributed by atoms with Crippen molar-refractivity contribution in [2.75, 3.05) is 17.6 Å². The minimum Gasteiger partial charge on any atom is -0.456 e. The van der Waals surface area contributed by atoms with Crippen molar-refractivity contribution in [2.24, 2.45) is 0 Å². The van der Waals surface area contributed by atoms with E-state index in [1.165, 1.54) is 19.3 Å². The Labute approximate surface area is 223 Å². The van der Waals surface area contributed by atoms with Crippen molar-refractivity contribution in [1.82, 2.24) is 4.90 Å². The fourth-order valence-electron chi connectivity index (χ4n) is 4.70. The molecule has 36 heavy (non-hydrogen) atoms. The van der Waals surface area contributed by atoms with E-state index in [1.54, 1.807) is 30.3 Å². The van der Waals surface area contributed by atoms with Gasteiger partial charge in [0.2, 0.25) is 0 Å². The van der Waals surface area contributed by atoms with E-state index in [-0.39, 0.29) is 5.91 Å². The Kier molecular flexibility index (Phi) is 9.00. The highest BCUT2D eigenvalue weighted by atomic mass is 35.5. The highest BCUT2D eigenvalue weighted by Crippen LogP contribution is 2.34. The van der Waals surface area contributed by atoms with E-state index in [2.05, 4.69) is 17.1 Å². The number of hydrogen-bond donors (Lipinski definition) is 2. The summed E-state index contributed by atoms with van der Waals surface area (Å²) in [5.74, 6) is 1.18. The van der Waals surface area contributed by atoms with Crippen LogP contribution in [0, 0.1) is 0 Å².